The summed E-state index contributed by atoms with van der Waals surface area (Å²) in [5.41, 5.74) is 1.89. The predicted octanol–water partition coefficient (Wildman–Crippen LogP) is 3.10. The third kappa shape index (κ3) is 4.82. The van der Waals surface area contributed by atoms with Crippen LogP contribution in [-0.4, -0.2) is 69.3 Å². The van der Waals surface area contributed by atoms with Crippen LogP contribution >= 0.6 is 0 Å². The second kappa shape index (κ2) is 9.65. The minimum absolute atomic E-state index is 0.0150. The fourth-order valence-corrected chi connectivity index (χ4v) is 3.82. The van der Waals surface area contributed by atoms with E-state index in [4.69, 9.17) is 14.2 Å². The summed E-state index contributed by atoms with van der Waals surface area (Å²) in [6.45, 7) is 5.44. The van der Waals surface area contributed by atoms with Crippen molar-refractivity contribution in [1.29, 1.82) is 0 Å². The van der Waals surface area contributed by atoms with Crippen molar-refractivity contribution in [3.63, 3.8) is 0 Å². The standard InChI is InChI=1S/C23H30N2O4/c1-17-16-25(13-12-24(17)11-10-18-8-6-5-7-9-18)23(26)19-14-20(27-2)22(29-4)21(15-19)28-3/h5-9,14-15,17H,10-13,16H2,1-4H3. The van der Waals surface area contributed by atoms with E-state index < -0.39 is 0 Å². The maximum Gasteiger partial charge on any atom is 0.254 e. The second-order valence-electron chi connectivity index (χ2n) is 7.29. The molecule has 0 N–H and O–H groups in total. The molecule has 2 aromatic rings. The van der Waals surface area contributed by atoms with E-state index in [0.717, 1.165) is 19.5 Å². The highest BCUT2D eigenvalue weighted by Crippen LogP contribution is 2.38. The smallest absolute Gasteiger partial charge is 0.254 e. The largest absolute Gasteiger partial charge is 0.493 e. The summed E-state index contributed by atoms with van der Waals surface area (Å²) in [6.07, 6.45) is 1.02. The summed E-state index contributed by atoms with van der Waals surface area (Å²) < 4.78 is 16.1. The number of hydrogen-bond acceptors (Lipinski definition) is 5. The molecule has 3 rings (SSSR count). The quantitative estimate of drug-likeness (QED) is 0.717. The molecule has 0 aromatic heterocycles. The Labute approximate surface area is 173 Å². The van der Waals surface area contributed by atoms with Crippen molar-refractivity contribution in [3.8, 4) is 17.2 Å². The first-order valence-corrected chi connectivity index (χ1v) is 9.94. The van der Waals surface area contributed by atoms with Crippen molar-refractivity contribution in [3.05, 3.63) is 53.6 Å². The highest BCUT2D eigenvalue weighted by Gasteiger charge is 2.28. The molecule has 6 nitrogen and oxygen atoms in total. The summed E-state index contributed by atoms with van der Waals surface area (Å²) in [7, 11) is 4.66. The number of methoxy groups -OCH3 is 3. The Morgan fingerprint density at radius 1 is 1.00 bits per heavy atom. The van der Waals surface area contributed by atoms with Crippen LogP contribution in [0, 0.1) is 0 Å². The van der Waals surface area contributed by atoms with Gasteiger partial charge in [0.25, 0.3) is 5.91 Å². The monoisotopic (exact) mass is 398 g/mol. The van der Waals surface area contributed by atoms with E-state index in [0.29, 0.717) is 41.9 Å². The molecular weight excluding hydrogens is 368 g/mol. The van der Waals surface area contributed by atoms with Gasteiger partial charge in [0, 0.05) is 37.8 Å². The number of carbonyl (C=O) groups is 1. The Hall–Kier alpha value is -2.73. The lowest BCUT2D eigenvalue weighted by molar-refractivity contribution is 0.0517. The number of carbonyl (C=O) groups excluding carboxylic acids is 1. The fraction of sp³-hybridized carbons (Fsp3) is 0.435. The third-order valence-electron chi connectivity index (χ3n) is 5.49. The number of nitrogens with zero attached hydrogens (tertiary/aromatic N) is 2. The first-order valence-electron chi connectivity index (χ1n) is 9.94. The molecule has 0 radical (unpaired) electrons. The van der Waals surface area contributed by atoms with Gasteiger partial charge in [-0.3, -0.25) is 9.69 Å². The van der Waals surface area contributed by atoms with E-state index in [9.17, 15) is 4.79 Å². The van der Waals surface area contributed by atoms with Gasteiger partial charge in [-0.15, -0.1) is 0 Å². The van der Waals surface area contributed by atoms with Crippen molar-refractivity contribution < 1.29 is 19.0 Å². The van der Waals surface area contributed by atoms with E-state index >= 15 is 0 Å². The van der Waals surface area contributed by atoms with Crippen LogP contribution in [0.5, 0.6) is 17.2 Å². The first-order chi connectivity index (χ1) is 14.1. The van der Waals surface area contributed by atoms with Gasteiger partial charge in [-0.25, -0.2) is 0 Å². The van der Waals surface area contributed by atoms with Crippen LogP contribution in [0.1, 0.15) is 22.8 Å². The van der Waals surface area contributed by atoms with Gasteiger partial charge < -0.3 is 19.1 Å². The Morgan fingerprint density at radius 3 is 2.21 bits per heavy atom. The number of hydrogen-bond donors (Lipinski definition) is 0. The van der Waals surface area contributed by atoms with Crippen molar-refractivity contribution >= 4 is 5.91 Å². The molecule has 1 aliphatic heterocycles. The molecule has 29 heavy (non-hydrogen) atoms. The highest BCUT2D eigenvalue weighted by molar-refractivity contribution is 5.95. The van der Waals surface area contributed by atoms with Gasteiger partial charge in [0.1, 0.15) is 0 Å². The number of piperazine rings is 1. The number of amides is 1. The summed E-state index contributed by atoms with van der Waals surface area (Å²) in [5, 5.41) is 0. The first kappa shape index (κ1) is 21.0. The van der Waals surface area contributed by atoms with E-state index in [1.54, 1.807) is 33.5 Å². The van der Waals surface area contributed by atoms with Gasteiger partial charge in [0.05, 0.1) is 21.3 Å². The average molecular weight is 399 g/mol. The van der Waals surface area contributed by atoms with Gasteiger partial charge in [-0.1, -0.05) is 30.3 Å². The van der Waals surface area contributed by atoms with Crippen molar-refractivity contribution in [2.45, 2.75) is 19.4 Å². The van der Waals surface area contributed by atoms with Crippen LogP contribution in [0.4, 0.5) is 0 Å². The zero-order valence-corrected chi connectivity index (χ0v) is 17.7. The molecule has 1 unspecified atom stereocenters. The fourth-order valence-electron chi connectivity index (χ4n) is 3.82. The topological polar surface area (TPSA) is 51.2 Å². The van der Waals surface area contributed by atoms with Crippen LogP contribution in [-0.2, 0) is 6.42 Å². The Balaban J connectivity index is 1.66. The molecule has 1 heterocycles. The number of rotatable bonds is 7. The summed E-state index contributed by atoms with van der Waals surface area (Å²) in [6, 6.07) is 14.3. The van der Waals surface area contributed by atoms with Crippen LogP contribution in [0.3, 0.4) is 0 Å². The Kier molecular flexibility index (Phi) is 6.99. The number of benzene rings is 2. The molecule has 1 aliphatic rings. The van der Waals surface area contributed by atoms with E-state index in [2.05, 4.69) is 36.1 Å². The van der Waals surface area contributed by atoms with Gasteiger partial charge in [0.2, 0.25) is 5.75 Å². The molecule has 0 spiro atoms. The molecule has 1 amide bonds. The van der Waals surface area contributed by atoms with E-state index in [1.807, 2.05) is 11.0 Å². The molecule has 0 saturated carbocycles. The van der Waals surface area contributed by atoms with Gasteiger partial charge in [-0.05, 0) is 31.0 Å². The predicted molar refractivity (Wildman–Crippen MR) is 113 cm³/mol. The second-order valence-corrected chi connectivity index (χ2v) is 7.29. The van der Waals surface area contributed by atoms with Gasteiger partial charge >= 0.3 is 0 Å². The molecule has 2 aromatic carbocycles. The molecule has 6 heteroatoms. The summed E-state index contributed by atoms with van der Waals surface area (Å²) in [4.78, 5) is 17.5. The third-order valence-corrected chi connectivity index (χ3v) is 5.49. The molecule has 0 aliphatic carbocycles. The average Bonchev–Trinajstić information content (AvgIpc) is 2.77. The summed E-state index contributed by atoms with van der Waals surface area (Å²) >= 11 is 0. The van der Waals surface area contributed by atoms with Crippen LogP contribution in [0.25, 0.3) is 0 Å². The van der Waals surface area contributed by atoms with Crippen LogP contribution in [0.15, 0.2) is 42.5 Å². The van der Waals surface area contributed by atoms with E-state index in [-0.39, 0.29) is 5.91 Å². The lowest BCUT2D eigenvalue weighted by atomic mass is 10.1. The minimum Gasteiger partial charge on any atom is -0.493 e. The van der Waals surface area contributed by atoms with Crippen LogP contribution < -0.4 is 14.2 Å². The molecule has 1 atom stereocenters. The van der Waals surface area contributed by atoms with Crippen molar-refractivity contribution in [2.24, 2.45) is 0 Å². The lowest BCUT2D eigenvalue weighted by Gasteiger charge is -2.40. The van der Waals surface area contributed by atoms with Gasteiger partial charge in [0.15, 0.2) is 11.5 Å². The highest BCUT2D eigenvalue weighted by atomic mass is 16.5. The number of ether oxygens (including phenoxy) is 3. The maximum absolute atomic E-state index is 13.1. The normalized spacial score (nSPS) is 17.1. The Bertz CT molecular complexity index is 800. The lowest BCUT2D eigenvalue weighted by Crippen LogP contribution is -2.54. The Morgan fingerprint density at radius 2 is 1.66 bits per heavy atom. The maximum atomic E-state index is 13.1. The zero-order valence-electron chi connectivity index (χ0n) is 17.7. The van der Waals surface area contributed by atoms with Crippen molar-refractivity contribution in [1.82, 2.24) is 9.80 Å². The van der Waals surface area contributed by atoms with Crippen LogP contribution in [0.2, 0.25) is 0 Å². The molecular formula is C23H30N2O4. The molecule has 156 valence electrons. The molecule has 1 fully saturated rings. The van der Waals surface area contributed by atoms with E-state index in [1.165, 1.54) is 5.56 Å². The molecule has 1 saturated heterocycles. The SMILES string of the molecule is COc1cc(C(=O)N2CCN(CCc3ccccc3)C(C)C2)cc(OC)c1OC. The minimum atomic E-state index is -0.0150. The van der Waals surface area contributed by atoms with Gasteiger partial charge in [-0.2, -0.15) is 0 Å². The zero-order chi connectivity index (χ0) is 20.8. The summed E-state index contributed by atoms with van der Waals surface area (Å²) in [5.74, 6) is 1.46. The molecule has 0 bridgehead atoms. The van der Waals surface area contributed by atoms with Crippen molar-refractivity contribution in [2.75, 3.05) is 47.5 Å².